The van der Waals surface area contributed by atoms with Crippen molar-refractivity contribution < 1.29 is 9.18 Å². The quantitative estimate of drug-likeness (QED) is 0.798. The Morgan fingerprint density at radius 2 is 2.04 bits per heavy atom. The summed E-state index contributed by atoms with van der Waals surface area (Å²) < 4.78 is 16.4. The van der Waals surface area contributed by atoms with Gasteiger partial charge in [-0.05, 0) is 45.7 Å². The number of aromatic nitrogens is 2. The Kier molecular flexibility index (Phi) is 5.55. The van der Waals surface area contributed by atoms with E-state index >= 15 is 0 Å². The highest BCUT2D eigenvalue weighted by atomic mass is 32.2. The van der Waals surface area contributed by atoms with Crippen LogP contribution in [0.15, 0.2) is 35.7 Å². The van der Waals surface area contributed by atoms with Gasteiger partial charge in [0, 0.05) is 31.0 Å². The number of halogens is 1. The van der Waals surface area contributed by atoms with Crippen molar-refractivity contribution in [3.05, 3.63) is 36.4 Å². The zero-order chi connectivity index (χ0) is 18.7. The number of thioether (sulfide) groups is 1. The second-order valence-electron chi connectivity index (χ2n) is 7.42. The van der Waals surface area contributed by atoms with Gasteiger partial charge in [-0.3, -0.25) is 4.79 Å². The molecule has 0 radical (unpaired) electrons. The van der Waals surface area contributed by atoms with Crippen molar-refractivity contribution in [3.63, 3.8) is 0 Å². The van der Waals surface area contributed by atoms with Crippen molar-refractivity contribution >= 4 is 29.0 Å². The van der Waals surface area contributed by atoms with E-state index in [0.717, 1.165) is 36.8 Å². The SMILES string of the molecule is CC(C)(C)n1ccnc1SCC(=O)Nc1c(F)cccc1N1CCCC1. The molecule has 1 aromatic carbocycles. The molecule has 0 saturated carbocycles. The van der Waals surface area contributed by atoms with Gasteiger partial charge in [-0.1, -0.05) is 17.8 Å². The zero-order valence-corrected chi connectivity index (χ0v) is 16.3. The van der Waals surface area contributed by atoms with Gasteiger partial charge in [-0.2, -0.15) is 0 Å². The minimum atomic E-state index is -0.399. The molecule has 1 aliphatic heterocycles. The second kappa shape index (κ2) is 7.70. The summed E-state index contributed by atoms with van der Waals surface area (Å²) in [5.41, 5.74) is 0.931. The minimum absolute atomic E-state index is 0.107. The number of para-hydroxylation sites is 1. The fourth-order valence-corrected chi connectivity index (χ4v) is 4.01. The first-order chi connectivity index (χ1) is 12.4. The third kappa shape index (κ3) is 4.20. The first-order valence-electron chi connectivity index (χ1n) is 8.86. The molecule has 0 unspecified atom stereocenters. The average Bonchev–Trinajstić information content (AvgIpc) is 3.25. The molecule has 0 aliphatic carbocycles. The number of imidazole rings is 1. The number of carbonyl (C=O) groups is 1. The fourth-order valence-electron chi connectivity index (χ4n) is 3.07. The van der Waals surface area contributed by atoms with Gasteiger partial charge in [-0.15, -0.1) is 0 Å². The number of nitrogens with one attached hydrogen (secondary N) is 1. The number of rotatable bonds is 5. The van der Waals surface area contributed by atoms with Crippen molar-refractivity contribution in [2.45, 2.75) is 44.3 Å². The van der Waals surface area contributed by atoms with Crippen LogP contribution in [0.25, 0.3) is 0 Å². The first-order valence-corrected chi connectivity index (χ1v) is 9.85. The molecule has 1 fully saturated rings. The van der Waals surface area contributed by atoms with Gasteiger partial charge in [0.2, 0.25) is 5.91 Å². The normalized spacial score (nSPS) is 14.7. The Hall–Kier alpha value is -2.02. The summed E-state index contributed by atoms with van der Waals surface area (Å²) >= 11 is 1.36. The Balaban J connectivity index is 1.69. The third-order valence-electron chi connectivity index (χ3n) is 4.36. The van der Waals surface area contributed by atoms with E-state index in [1.54, 1.807) is 12.3 Å². The molecule has 1 amide bonds. The van der Waals surface area contributed by atoms with Crippen LogP contribution in [-0.4, -0.2) is 34.3 Å². The molecule has 1 aliphatic rings. The van der Waals surface area contributed by atoms with Crippen LogP contribution in [0.2, 0.25) is 0 Å². The maximum absolute atomic E-state index is 14.3. The van der Waals surface area contributed by atoms with Crippen LogP contribution in [-0.2, 0) is 10.3 Å². The smallest absolute Gasteiger partial charge is 0.234 e. The molecular weight excluding hydrogens is 351 g/mol. The lowest BCUT2D eigenvalue weighted by molar-refractivity contribution is -0.113. The average molecular weight is 377 g/mol. The number of amides is 1. The van der Waals surface area contributed by atoms with Gasteiger partial charge < -0.3 is 14.8 Å². The molecular formula is C19H25FN4OS. The Morgan fingerprint density at radius 3 is 2.73 bits per heavy atom. The molecule has 140 valence electrons. The van der Waals surface area contributed by atoms with Gasteiger partial charge in [0.25, 0.3) is 0 Å². The second-order valence-corrected chi connectivity index (χ2v) is 8.36. The topological polar surface area (TPSA) is 50.2 Å². The van der Waals surface area contributed by atoms with Crippen LogP contribution in [0, 0.1) is 5.82 Å². The van der Waals surface area contributed by atoms with Crippen molar-refractivity contribution in [3.8, 4) is 0 Å². The van der Waals surface area contributed by atoms with Gasteiger partial charge in [-0.25, -0.2) is 9.37 Å². The molecule has 0 spiro atoms. The number of anilines is 2. The van der Waals surface area contributed by atoms with Crippen molar-refractivity contribution in [1.82, 2.24) is 9.55 Å². The Labute approximate surface area is 158 Å². The first kappa shape index (κ1) is 18.8. The third-order valence-corrected chi connectivity index (χ3v) is 5.33. The Bertz CT molecular complexity index is 778. The predicted molar refractivity (Wildman–Crippen MR) is 104 cm³/mol. The van der Waals surface area contributed by atoms with Gasteiger partial charge in [0.15, 0.2) is 5.16 Å². The van der Waals surface area contributed by atoms with E-state index in [9.17, 15) is 9.18 Å². The lowest BCUT2D eigenvalue weighted by Gasteiger charge is -2.23. The van der Waals surface area contributed by atoms with E-state index < -0.39 is 5.82 Å². The van der Waals surface area contributed by atoms with E-state index in [1.807, 2.05) is 16.8 Å². The molecule has 2 heterocycles. The molecule has 3 rings (SSSR count). The summed E-state index contributed by atoms with van der Waals surface area (Å²) in [6, 6.07) is 4.94. The number of hydrogen-bond donors (Lipinski definition) is 1. The van der Waals surface area contributed by atoms with Gasteiger partial charge >= 0.3 is 0 Å². The molecule has 2 aromatic rings. The van der Waals surface area contributed by atoms with Crippen LogP contribution in [0.5, 0.6) is 0 Å². The Morgan fingerprint density at radius 1 is 1.31 bits per heavy atom. The standard InChI is InChI=1S/C19H25FN4OS/c1-19(2,3)24-12-9-21-18(24)26-13-16(25)22-17-14(20)7-6-8-15(17)23-10-4-5-11-23/h6-9,12H,4-5,10-11,13H2,1-3H3,(H,22,25). The molecule has 0 atom stereocenters. The summed E-state index contributed by atoms with van der Waals surface area (Å²) in [6.45, 7) is 8.04. The van der Waals surface area contributed by atoms with Crippen molar-refractivity contribution in [2.75, 3.05) is 29.1 Å². The van der Waals surface area contributed by atoms with Crippen LogP contribution in [0.3, 0.4) is 0 Å². The lowest BCUT2D eigenvalue weighted by atomic mass is 10.1. The minimum Gasteiger partial charge on any atom is -0.370 e. The molecule has 5 nitrogen and oxygen atoms in total. The molecule has 0 bridgehead atoms. The number of hydrogen-bond acceptors (Lipinski definition) is 4. The lowest BCUT2D eigenvalue weighted by Crippen LogP contribution is -2.24. The maximum Gasteiger partial charge on any atom is 0.234 e. The largest absolute Gasteiger partial charge is 0.370 e. The zero-order valence-electron chi connectivity index (χ0n) is 15.5. The molecule has 26 heavy (non-hydrogen) atoms. The van der Waals surface area contributed by atoms with Crippen molar-refractivity contribution in [1.29, 1.82) is 0 Å². The van der Waals surface area contributed by atoms with Gasteiger partial charge in [0.1, 0.15) is 11.5 Å². The van der Waals surface area contributed by atoms with Crippen LogP contribution in [0.4, 0.5) is 15.8 Å². The molecule has 1 saturated heterocycles. The summed E-state index contributed by atoms with van der Waals surface area (Å²) in [6.07, 6.45) is 5.82. The summed E-state index contributed by atoms with van der Waals surface area (Å²) in [5, 5.41) is 3.54. The number of benzene rings is 1. The number of nitrogens with zero attached hydrogens (tertiary/aromatic N) is 3. The highest BCUT2D eigenvalue weighted by Crippen LogP contribution is 2.31. The highest BCUT2D eigenvalue weighted by Gasteiger charge is 2.21. The molecule has 1 aromatic heterocycles. The van der Waals surface area contributed by atoms with E-state index in [0.29, 0.717) is 0 Å². The van der Waals surface area contributed by atoms with E-state index in [1.165, 1.54) is 17.8 Å². The van der Waals surface area contributed by atoms with Crippen LogP contribution < -0.4 is 10.2 Å². The van der Waals surface area contributed by atoms with E-state index in [4.69, 9.17) is 0 Å². The van der Waals surface area contributed by atoms with Crippen LogP contribution >= 0.6 is 11.8 Å². The predicted octanol–water partition coefficient (Wildman–Crippen LogP) is 4.11. The summed E-state index contributed by atoms with van der Waals surface area (Å²) in [4.78, 5) is 18.9. The highest BCUT2D eigenvalue weighted by molar-refractivity contribution is 7.99. The van der Waals surface area contributed by atoms with Crippen molar-refractivity contribution in [2.24, 2.45) is 0 Å². The maximum atomic E-state index is 14.3. The summed E-state index contributed by atoms with van der Waals surface area (Å²) in [5.74, 6) is -0.450. The van der Waals surface area contributed by atoms with Crippen LogP contribution in [0.1, 0.15) is 33.6 Å². The van der Waals surface area contributed by atoms with Gasteiger partial charge in [0.05, 0.1) is 11.4 Å². The summed E-state index contributed by atoms with van der Waals surface area (Å²) in [7, 11) is 0. The van der Waals surface area contributed by atoms with E-state index in [-0.39, 0.29) is 22.9 Å². The molecule has 1 N–H and O–H groups in total. The monoisotopic (exact) mass is 376 g/mol. The molecule has 7 heteroatoms. The fraction of sp³-hybridized carbons (Fsp3) is 0.474. The van der Waals surface area contributed by atoms with E-state index in [2.05, 4.69) is 36.0 Å². The number of carbonyl (C=O) groups excluding carboxylic acids is 1.